The molecule has 0 radical (unpaired) electrons. The molecular formula is C14H15N3O2. The fraction of sp³-hybridized carbons (Fsp3) is 0.214. The zero-order valence-corrected chi connectivity index (χ0v) is 10.7. The fourth-order valence-corrected chi connectivity index (χ4v) is 1.35. The lowest BCUT2D eigenvalue weighted by Crippen LogP contribution is -1.93. The molecule has 0 N–H and O–H groups in total. The Balaban J connectivity index is 2.54. The predicted octanol–water partition coefficient (Wildman–Crippen LogP) is 3.59. The minimum atomic E-state index is -0.373. The molecule has 5 heteroatoms. The first kappa shape index (κ1) is 14.5. The van der Waals surface area contributed by atoms with E-state index in [0.717, 1.165) is 11.1 Å². The van der Waals surface area contributed by atoms with Gasteiger partial charge in [-0.2, -0.15) is 0 Å². The Bertz CT molecular complexity index is 512. The summed E-state index contributed by atoms with van der Waals surface area (Å²) < 4.78 is 4.51. The normalized spacial score (nSPS) is 10.6. The monoisotopic (exact) mass is 257 g/mol. The van der Waals surface area contributed by atoms with Crippen LogP contribution in [0.25, 0.3) is 22.6 Å². The van der Waals surface area contributed by atoms with Gasteiger partial charge in [-0.25, -0.2) is 4.79 Å². The summed E-state index contributed by atoms with van der Waals surface area (Å²) in [6.07, 6.45) is 7.70. The van der Waals surface area contributed by atoms with Crippen LogP contribution < -0.4 is 0 Å². The molecule has 1 rings (SSSR count). The van der Waals surface area contributed by atoms with E-state index in [2.05, 4.69) is 14.8 Å². The molecule has 0 spiro atoms. The molecule has 1 aromatic rings. The molecule has 0 bridgehead atoms. The quantitative estimate of drug-likeness (QED) is 0.195. The molecule has 5 nitrogen and oxygen atoms in total. The smallest absolute Gasteiger partial charge is 0.330 e. The Labute approximate surface area is 111 Å². The van der Waals surface area contributed by atoms with E-state index in [0.29, 0.717) is 13.0 Å². The van der Waals surface area contributed by atoms with Crippen LogP contribution >= 0.6 is 0 Å². The van der Waals surface area contributed by atoms with E-state index in [1.807, 2.05) is 36.4 Å². The zero-order valence-electron chi connectivity index (χ0n) is 10.7. The van der Waals surface area contributed by atoms with E-state index in [-0.39, 0.29) is 5.97 Å². The van der Waals surface area contributed by atoms with Crippen LogP contribution in [0, 0.1) is 0 Å². The average Bonchev–Trinajstić information content (AvgIpc) is 2.45. The molecule has 0 saturated heterocycles. The summed E-state index contributed by atoms with van der Waals surface area (Å²) >= 11 is 0. The van der Waals surface area contributed by atoms with Crippen molar-refractivity contribution in [2.75, 3.05) is 13.7 Å². The van der Waals surface area contributed by atoms with Crippen LogP contribution in [0.5, 0.6) is 0 Å². The van der Waals surface area contributed by atoms with Crippen molar-refractivity contribution in [2.45, 2.75) is 6.42 Å². The van der Waals surface area contributed by atoms with Gasteiger partial charge in [0, 0.05) is 17.5 Å². The summed E-state index contributed by atoms with van der Waals surface area (Å²) in [5, 5.41) is 3.44. The molecule has 0 amide bonds. The number of carbonyl (C=O) groups is 1. The number of ether oxygens (including phenoxy) is 1. The van der Waals surface area contributed by atoms with Crippen molar-refractivity contribution in [3.05, 3.63) is 58.0 Å². The van der Waals surface area contributed by atoms with Gasteiger partial charge in [0.2, 0.25) is 0 Å². The Morgan fingerprint density at radius 3 is 2.53 bits per heavy atom. The molecule has 0 heterocycles. The lowest BCUT2D eigenvalue weighted by molar-refractivity contribution is -0.134. The van der Waals surface area contributed by atoms with Crippen molar-refractivity contribution in [2.24, 2.45) is 5.11 Å². The van der Waals surface area contributed by atoms with E-state index in [4.69, 9.17) is 5.53 Å². The molecule has 0 atom stereocenters. The predicted molar refractivity (Wildman–Crippen MR) is 75.2 cm³/mol. The number of rotatable bonds is 6. The zero-order chi connectivity index (χ0) is 13.9. The van der Waals surface area contributed by atoms with Crippen LogP contribution in [-0.2, 0) is 9.53 Å². The van der Waals surface area contributed by atoms with E-state index in [9.17, 15) is 4.79 Å². The summed E-state index contributed by atoms with van der Waals surface area (Å²) in [5.41, 5.74) is 10.1. The Morgan fingerprint density at radius 1 is 1.32 bits per heavy atom. The van der Waals surface area contributed by atoms with Crippen LogP contribution in [0.15, 0.2) is 41.5 Å². The third kappa shape index (κ3) is 6.10. The van der Waals surface area contributed by atoms with Gasteiger partial charge in [-0.1, -0.05) is 41.5 Å². The van der Waals surface area contributed by atoms with Gasteiger partial charge in [-0.15, -0.1) is 0 Å². The van der Waals surface area contributed by atoms with Crippen molar-refractivity contribution >= 4 is 18.1 Å². The van der Waals surface area contributed by atoms with E-state index in [1.165, 1.54) is 13.2 Å². The first-order chi connectivity index (χ1) is 9.26. The number of nitrogens with zero attached hydrogens (tertiary/aromatic N) is 3. The number of hydrogen-bond donors (Lipinski definition) is 0. The Kier molecular flexibility index (Phi) is 6.55. The average molecular weight is 257 g/mol. The van der Waals surface area contributed by atoms with E-state index >= 15 is 0 Å². The fourth-order valence-electron chi connectivity index (χ4n) is 1.35. The molecule has 0 aliphatic carbocycles. The molecule has 0 aliphatic rings. The maximum Gasteiger partial charge on any atom is 0.330 e. The molecule has 98 valence electrons. The third-order valence-electron chi connectivity index (χ3n) is 2.32. The number of esters is 1. The Hall–Kier alpha value is -2.52. The van der Waals surface area contributed by atoms with E-state index < -0.39 is 0 Å². The van der Waals surface area contributed by atoms with Crippen molar-refractivity contribution in [1.82, 2.24) is 0 Å². The number of carbonyl (C=O) groups excluding carboxylic acids is 1. The van der Waals surface area contributed by atoms with E-state index in [1.54, 1.807) is 6.08 Å². The highest BCUT2D eigenvalue weighted by molar-refractivity contribution is 5.86. The van der Waals surface area contributed by atoms with Gasteiger partial charge >= 0.3 is 5.97 Å². The highest BCUT2D eigenvalue weighted by Gasteiger charge is 1.92. The van der Waals surface area contributed by atoms with Crippen molar-refractivity contribution in [1.29, 1.82) is 0 Å². The summed E-state index contributed by atoms with van der Waals surface area (Å²) in [6.45, 7) is 0.465. The second-order valence-electron chi connectivity index (χ2n) is 3.67. The van der Waals surface area contributed by atoms with Crippen LogP contribution in [0.1, 0.15) is 17.5 Å². The molecule has 0 saturated carbocycles. The van der Waals surface area contributed by atoms with Crippen LogP contribution in [0.2, 0.25) is 0 Å². The van der Waals surface area contributed by atoms with Gasteiger partial charge in [0.15, 0.2) is 0 Å². The molecule has 0 unspecified atom stereocenters. The van der Waals surface area contributed by atoms with Gasteiger partial charge in [-0.3, -0.25) is 0 Å². The number of methoxy groups -OCH3 is 1. The van der Waals surface area contributed by atoms with Gasteiger partial charge in [0.05, 0.1) is 7.11 Å². The first-order valence-corrected chi connectivity index (χ1v) is 5.80. The highest BCUT2D eigenvalue weighted by atomic mass is 16.5. The molecule has 0 aromatic heterocycles. The van der Waals surface area contributed by atoms with Crippen LogP contribution in [0.4, 0.5) is 0 Å². The minimum Gasteiger partial charge on any atom is -0.466 e. The minimum absolute atomic E-state index is 0.373. The molecular weight excluding hydrogens is 242 g/mol. The maximum atomic E-state index is 10.9. The van der Waals surface area contributed by atoms with Crippen molar-refractivity contribution < 1.29 is 9.53 Å². The van der Waals surface area contributed by atoms with Gasteiger partial charge < -0.3 is 4.74 Å². The van der Waals surface area contributed by atoms with Gasteiger partial charge in [0.1, 0.15) is 0 Å². The molecule has 0 fully saturated rings. The second-order valence-corrected chi connectivity index (χ2v) is 3.67. The lowest BCUT2D eigenvalue weighted by Gasteiger charge is -1.96. The largest absolute Gasteiger partial charge is 0.466 e. The maximum absolute atomic E-state index is 10.9. The van der Waals surface area contributed by atoms with Crippen LogP contribution in [0.3, 0.4) is 0 Å². The standard InChI is InChI=1S/C14H15N3O2/c1-19-14(18)10-9-13-7-5-12(6-8-13)4-2-3-11-16-17-15/h2,4-10H,3,11H2,1H3/b4-2?,10-9+. The highest BCUT2D eigenvalue weighted by Crippen LogP contribution is 2.08. The van der Waals surface area contributed by atoms with Crippen LogP contribution in [-0.4, -0.2) is 19.6 Å². The second kappa shape index (κ2) is 8.55. The number of azide groups is 1. The topological polar surface area (TPSA) is 75.1 Å². The SMILES string of the molecule is COC(=O)/C=C/c1ccc(C=CCCN=[N+]=[N-])cc1. The summed E-state index contributed by atoms with van der Waals surface area (Å²) in [6, 6.07) is 7.71. The lowest BCUT2D eigenvalue weighted by atomic mass is 10.1. The summed E-state index contributed by atoms with van der Waals surface area (Å²) in [7, 11) is 1.34. The first-order valence-electron chi connectivity index (χ1n) is 5.80. The van der Waals surface area contributed by atoms with Gasteiger partial charge in [-0.05, 0) is 29.2 Å². The summed E-state index contributed by atoms with van der Waals surface area (Å²) in [4.78, 5) is 13.6. The summed E-state index contributed by atoms with van der Waals surface area (Å²) in [5.74, 6) is -0.373. The van der Waals surface area contributed by atoms with Gasteiger partial charge in [0.25, 0.3) is 0 Å². The molecule has 1 aromatic carbocycles. The molecule has 0 aliphatic heterocycles. The Morgan fingerprint density at radius 2 is 1.95 bits per heavy atom. The molecule has 19 heavy (non-hydrogen) atoms. The van der Waals surface area contributed by atoms with Crippen molar-refractivity contribution in [3.8, 4) is 0 Å². The number of benzene rings is 1. The number of hydrogen-bond acceptors (Lipinski definition) is 3. The van der Waals surface area contributed by atoms with Crippen molar-refractivity contribution in [3.63, 3.8) is 0 Å². The third-order valence-corrected chi connectivity index (χ3v) is 2.32.